The molecule has 2 rings (SSSR count). The molecule has 24 heavy (non-hydrogen) atoms. The Hall–Kier alpha value is -2.06. The highest BCUT2D eigenvalue weighted by Gasteiger charge is 2.09. The Morgan fingerprint density at radius 1 is 1.17 bits per heavy atom. The van der Waals surface area contributed by atoms with E-state index in [1.807, 2.05) is 13.8 Å². The summed E-state index contributed by atoms with van der Waals surface area (Å²) < 4.78 is 42.4. The van der Waals surface area contributed by atoms with Crippen molar-refractivity contribution >= 4 is 21.1 Å². The molecule has 0 unspecified atom stereocenters. The van der Waals surface area contributed by atoms with Crippen molar-refractivity contribution in [2.45, 2.75) is 26.4 Å². The second-order valence-corrected chi connectivity index (χ2v) is 7.14. The van der Waals surface area contributed by atoms with Crippen LogP contribution in [0, 0.1) is 0 Å². The van der Waals surface area contributed by atoms with Crippen LogP contribution >= 0.6 is 0 Å². The quantitative estimate of drug-likeness (QED) is 0.407. The Balaban J connectivity index is 2.06. The largest absolute Gasteiger partial charge is 0.491 e. The molecule has 0 bridgehead atoms. The SMILES string of the molecule is CC(C)Oc1ccc2oc(=O)c(OCCCOS(C)(=O)=O)cc2c1. The van der Waals surface area contributed by atoms with E-state index < -0.39 is 15.7 Å². The predicted molar refractivity (Wildman–Crippen MR) is 89.2 cm³/mol. The standard InChI is InChI=1S/C16H20O7S/c1-11(2)22-13-5-6-14-12(9-13)10-15(16(17)23-14)20-7-4-8-21-24(3,18)19/h5-6,9-11H,4,7-8H2,1-3H3. The van der Waals surface area contributed by atoms with Crippen molar-refractivity contribution in [1.82, 2.24) is 0 Å². The lowest BCUT2D eigenvalue weighted by atomic mass is 10.2. The molecule has 0 aliphatic carbocycles. The summed E-state index contributed by atoms with van der Waals surface area (Å²) in [5.74, 6) is 0.724. The maximum Gasteiger partial charge on any atom is 0.379 e. The van der Waals surface area contributed by atoms with Crippen molar-refractivity contribution in [3.05, 3.63) is 34.7 Å². The summed E-state index contributed by atoms with van der Waals surface area (Å²) in [5.41, 5.74) is -0.159. The van der Waals surface area contributed by atoms with Crippen LogP contribution in [0.1, 0.15) is 20.3 Å². The zero-order valence-corrected chi connectivity index (χ0v) is 14.6. The Labute approximate surface area is 140 Å². The first-order valence-corrected chi connectivity index (χ1v) is 9.28. The summed E-state index contributed by atoms with van der Waals surface area (Å²) >= 11 is 0. The minimum atomic E-state index is -3.47. The summed E-state index contributed by atoms with van der Waals surface area (Å²) in [6.45, 7) is 3.96. The molecule has 0 saturated carbocycles. The number of fused-ring (bicyclic) bond motifs is 1. The maximum atomic E-state index is 11.9. The van der Waals surface area contributed by atoms with Crippen molar-refractivity contribution < 1.29 is 26.5 Å². The molecule has 2 aromatic rings. The predicted octanol–water partition coefficient (Wildman–Crippen LogP) is 2.33. The van der Waals surface area contributed by atoms with Crippen molar-refractivity contribution in [3.63, 3.8) is 0 Å². The van der Waals surface area contributed by atoms with Crippen LogP contribution in [0.25, 0.3) is 11.0 Å². The third-order valence-electron chi connectivity index (χ3n) is 2.89. The molecule has 8 heteroatoms. The number of ether oxygens (including phenoxy) is 2. The van der Waals surface area contributed by atoms with Gasteiger partial charge in [-0.15, -0.1) is 0 Å². The number of hydrogen-bond acceptors (Lipinski definition) is 7. The van der Waals surface area contributed by atoms with Gasteiger partial charge in [-0.05, 0) is 38.1 Å². The van der Waals surface area contributed by atoms with Crippen LogP contribution in [0.3, 0.4) is 0 Å². The van der Waals surface area contributed by atoms with E-state index in [1.54, 1.807) is 24.3 Å². The molecule has 0 spiro atoms. The molecule has 0 aliphatic heterocycles. The molecule has 1 aromatic carbocycles. The average molecular weight is 356 g/mol. The van der Waals surface area contributed by atoms with Gasteiger partial charge in [0.05, 0.1) is 25.6 Å². The lowest BCUT2D eigenvalue weighted by Gasteiger charge is -2.10. The third-order valence-corrected chi connectivity index (χ3v) is 3.48. The van der Waals surface area contributed by atoms with E-state index in [-0.39, 0.29) is 25.1 Å². The van der Waals surface area contributed by atoms with Gasteiger partial charge < -0.3 is 13.9 Å². The van der Waals surface area contributed by atoms with Gasteiger partial charge >= 0.3 is 5.63 Å². The van der Waals surface area contributed by atoms with E-state index in [2.05, 4.69) is 4.18 Å². The third kappa shape index (κ3) is 5.54. The van der Waals surface area contributed by atoms with Gasteiger partial charge in [-0.3, -0.25) is 4.18 Å². The molecule has 0 saturated heterocycles. The molecule has 1 heterocycles. The summed E-state index contributed by atoms with van der Waals surface area (Å²) in [6, 6.07) is 6.73. The maximum absolute atomic E-state index is 11.9. The lowest BCUT2D eigenvalue weighted by molar-refractivity contribution is 0.242. The van der Waals surface area contributed by atoms with Gasteiger partial charge in [0.2, 0.25) is 5.75 Å². The van der Waals surface area contributed by atoms with Gasteiger partial charge in [0, 0.05) is 11.8 Å². The summed E-state index contributed by atoms with van der Waals surface area (Å²) in [7, 11) is -3.47. The van der Waals surface area contributed by atoms with Crippen molar-refractivity contribution in [2.75, 3.05) is 19.5 Å². The van der Waals surface area contributed by atoms with E-state index in [4.69, 9.17) is 13.9 Å². The van der Waals surface area contributed by atoms with Crippen LogP contribution in [-0.2, 0) is 14.3 Å². The number of rotatable bonds is 8. The fourth-order valence-corrected chi connectivity index (χ4v) is 2.40. The molecular weight excluding hydrogens is 336 g/mol. The van der Waals surface area contributed by atoms with Crippen LogP contribution in [0.2, 0.25) is 0 Å². The number of benzene rings is 1. The van der Waals surface area contributed by atoms with Crippen molar-refractivity contribution in [1.29, 1.82) is 0 Å². The highest BCUT2D eigenvalue weighted by molar-refractivity contribution is 7.85. The van der Waals surface area contributed by atoms with Crippen LogP contribution in [-0.4, -0.2) is 34.0 Å². The molecule has 132 valence electrons. The van der Waals surface area contributed by atoms with Crippen LogP contribution in [0.15, 0.2) is 33.5 Å². The molecule has 0 aliphatic rings. The van der Waals surface area contributed by atoms with Crippen LogP contribution in [0.4, 0.5) is 0 Å². The minimum Gasteiger partial charge on any atom is -0.491 e. The first-order valence-electron chi connectivity index (χ1n) is 7.46. The Morgan fingerprint density at radius 3 is 2.58 bits per heavy atom. The van der Waals surface area contributed by atoms with Gasteiger partial charge in [-0.25, -0.2) is 4.79 Å². The van der Waals surface area contributed by atoms with Crippen LogP contribution in [0.5, 0.6) is 11.5 Å². The molecule has 0 atom stereocenters. The average Bonchev–Trinajstić information content (AvgIpc) is 2.46. The van der Waals surface area contributed by atoms with Gasteiger partial charge in [-0.2, -0.15) is 8.42 Å². The molecule has 0 fully saturated rings. The van der Waals surface area contributed by atoms with E-state index in [1.165, 1.54) is 0 Å². The first-order chi connectivity index (χ1) is 11.2. The summed E-state index contributed by atoms with van der Waals surface area (Å²) in [4.78, 5) is 11.9. The fourth-order valence-electron chi connectivity index (χ4n) is 1.98. The van der Waals surface area contributed by atoms with Crippen molar-refractivity contribution in [2.24, 2.45) is 0 Å². The zero-order chi connectivity index (χ0) is 17.7. The van der Waals surface area contributed by atoms with E-state index >= 15 is 0 Å². The van der Waals surface area contributed by atoms with Gasteiger partial charge in [-0.1, -0.05) is 0 Å². The molecule has 7 nitrogen and oxygen atoms in total. The fraction of sp³-hybridized carbons (Fsp3) is 0.438. The van der Waals surface area contributed by atoms with E-state index in [0.717, 1.165) is 6.26 Å². The first kappa shape index (κ1) is 18.3. The monoisotopic (exact) mass is 356 g/mol. The molecular formula is C16H20O7S. The van der Waals surface area contributed by atoms with E-state index in [0.29, 0.717) is 23.1 Å². The highest BCUT2D eigenvalue weighted by Crippen LogP contribution is 2.23. The Morgan fingerprint density at radius 2 is 1.92 bits per heavy atom. The molecule has 0 N–H and O–H groups in total. The molecule has 0 amide bonds. The lowest BCUT2D eigenvalue weighted by Crippen LogP contribution is -2.11. The van der Waals surface area contributed by atoms with E-state index in [9.17, 15) is 13.2 Å². The second kappa shape index (κ2) is 7.67. The number of hydrogen-bond donors (Lipinski definition) is 0. The normalized spacial score (nSPS) is 11.8. The zero-order valence-electron chi connectivity index (χ0n) is 13.8. The summed E-state index contributed by atoms with van der Waals surface area (Å²) in [6.07, 6.45) is 1.33. The Bertz CT molecular complexity index is 852. The summed E-state index contributed by atoms with van der Waals surface area (Å²) in [5, 5.41) is 0.676. The van der Waals surface area contributed by atoms with Crippen LogP contribution < -0.4 is 15.1 Å². The smallest absolute Gasteiger partial charge is 0.379 e. The topological polar surface area (TPSA) is 92.0 Å². The van der Waals surface area contributed by atoms with Gasteiger partial charge in [0.15, 0.2) is 0 Å². The highest BCUT2D eigenvalue weighted by atomic mass is 32.2. The van der Waals surface area contributed by atoms with Gasteiger partial charge in [0.1, 0.15) is 11.3 Å². The second-order valence-electron chi connectivity index (χ2n) is 5.49. The molecule has 1 aromatic heterocycles. The van der Waals surface area contributed by atoms with Crippen molar-refractivity contribution in [3.8, 4) is 11.5 Å². The van der Waals surface area contributed by atoms with Gasteiger partial charge in [0.25, 0.3) is 10.1 Å². The minimum absolute atomic E-state index is 0.00980. The Kier molecular flexibility index (Phi) is 5.84. The molecule has 0 radical (unpaired) electrons.